The molecule has 0 unspecified atom stereocenters. The second-order valence-electron chi connectivity index (χ2n) is 1.15. The SMILES string of the molecule is CN(N=O)/C(N)=N\N=O. The molecular formula is C2H5N5O2. The van der Waals surface area contributed by atoms with Gasteiger partial charge in [-0.25, -0.2) is 0 Å². The molecule has 0 aromatic heterocycles. The van der Waals surface area contributed by atoms with E-state index in [0.717, 1.165) is 0 Å². The first kappa shape index (κ1) is 7.47. The topological polar surface area (TPSA) is 100 Å². The van der Waals surface area contributed by atoms with E-state index in [-0.39, 0.29) is 5.96 Å². The molecule has 50 valence electrons. The van der Waals surface area contributed by atoms with Gasteiger partial charge >= 0.3 is 0 Å². The van der Waals surface area contributed by atoms with Crippen molar-refractivity contribution in [2.45, 2.75) is 0 Å². The van der Waals surface area contributed by atoms with Crippen molar-refractivity contribution < 1.29 is 0 Å². The van der Waals surface area contributed by atoms with Crippen LogP contribution in [0.2, 0.25) is 0 Å². The fourth-order valence-corrected chi connectivity index (χ4v) is 0.148. The lowest BCUT2D eigenvalue weighted by molar-refractivity contribution is 0.527. The third-order valence-corrected chi connectivity index (χ3v) is 0.597. The summed E-state index contributed by atoms with van der Waals surface area (Å²) in [6, 6.07) is 0. The number of guanidine groups is 1. The van der Waals surface area contributed by atoms with Crippen LogP contribution in [0.1, 0.15) is 0 Å². The van der Waals surface area contributed by atoms with Crippen LogP contribution in [0.5, 0.6) is 0 Å². The highest BCUT2D eigenvalue weighted by Crippen LogP contribution is 1.81. The van der Waals surface area contributed by atoms with Gasteiger partial charge in [-0.3, -0.25) is 0 Å². The Kier molecular flexibility index (Phi) is 2.88. The highest BCUT2D eigenvalue weighted by molar-refractivity contribution is 5.77. The lowest BCUT2D eigenvalue weighted by Gasteiger charge is -2.01. The number of nitrogens with zero attached hydrogens (tertiary/aromatic N) is 4. The van der Waals surface area contributed by atoms with Crippen LogP contribution in [0.25, 0.3) is 0 Å². The van der Waals surface area contributed by atoms with Gasteiger partial charge in [0.15, 0.2) is 0 Å². The molecule has 9 heavy (non-hydrogen) atoms. The fourth-order valence-electron chi connectivity index (χ4n) is 0.148. The predicted molar refractivity (Wildman–Crippen MR) is 31.0 cm³/mol. The summed E-state index contributed by atoms with van der Waals surface area (Å²) in [6.07, 6.45) is 0. The molecule has 0 spiro atoms. The highest BCUT2D eigenvalue weighted by Gasteiger charge is 1.97. The number of hydrogen-bond donors (Lipinski definition) is 1. The lowest BCUT2D eigenvalue weighted by atomic mass is 10.9. The lowest BCUT2D eigenvalue weighted by Crippen LogP contribution is -2.28. The van der Waals surface area contributed by atoms with Gasteiger partial charge in [0, 0.05) is 7.05 Å². The van der Waals surface area contributed by atoms with Gasteiger partial charge in [0.05, 0.1) is 10.6 Å². The molecule has 0 aromatic rings. The van der Waals surface area contributed by atoms with Crippen molar-refractivity contribution in [2.24, 2.45) is 21.4 Å². The number of nitroso groups, excluding NO2 is 2. The third kappa shape index (κ3) is 2.32. The molecule has 0 aliphatic carbocycles. The molecule has 0 amide bonds. The fraction of sp³-hybridized carbons (Fsp3) is 0.500. The molecule has 0 bridgehead atoms. The van der Waals surface area contributed by atoms with Gasteiger partial charge in [0.1, 0.15) is 0 Å². The number of hydrogen-bond acceptors (Lipinski definition) is 4. The van der Waals surface area contributed by atoms with E-state index in [2.05, 4.69) is 15.7 Å². The Morgan fingerprint density at radius 1 is 1.56 bits per heavy atom. The Morgan fingerprint density at radius 3 is 2.44 bits per heavy atom. The van der Waals surface area contributed by atoms with Gasteiger partial charge in [0.2, 0.25) is 5.96 Å². The molecule has 2 N–H and O–H groups in total. The minimum absolute atomic E-state index is 0.333. The summed E-state index contributed by atoms with van der Waals surface area (Å²) < 4.78 is 0. The first-order chi connectivity index (χ1) is 4.22. The van der Waals surface area contributed by atoms with Gasteiger partial charge in [0.25, 0.3) is 0 Å². The van der Waals surface area contributed by atoms with Gasteiger partial charge in [-0.2, -0.15) is 5.01 Å². The van der Waals surface area contributed by atoms with Crippen molar-refractivity contribution in [3.05, 3.63) is 9.81 Å². The van der Waals surface area contributed by atoms with Crippen molar-refractivity contribution in [3.8, 4) is 0 Å². The molecule has 0 aliphatic rings. The van der Waals surface area contributed by atoms with Gasteiger partial charge in [-0.05, 0) is 0 Å². The molecule has 0 radical (unpaired) electrons. The summed E-state index contributed by atoms with van der Waals surface area (Å²) in [5, 5.41) is 7.89. The molecule has 7 nitrogen and oxygen atoms in total. The molecule has 0 fully saturated rings. The van der Waals surface area contributed by atoms with E-state index in [4.69, 9.17) is 5.73 Å². The van der Waals surface area contributed by atoms with Crippen molar-refractivity contribution in [1.82, 2.24) is 5.01 Å². The molecular weight excluding hydrogens is 126 g/mol. The van der Waals surface area contributed by atoms with Gasteiger partial charge < -0.3 is 5.73 Å². The first-order valence-corrected chi connectivity index (χ1v) is 1.95. The summed E-state index contributed by atoms with van der Waals surface area (Å²) in [5.41, 5.74) is 4.93. The van der Waals surface area contributed by atoms with Crippen LogP contribution in [0.4, 0.5) is 0 Å². The van der Waals surface area contributed by atoms with Crippen LogP contribution in [0.3, 0.4) is 0 Å². The zero-order valence-electron chi connectivity index (χ0n) is 4.68. The molecule has 0 rings (SSSR count). The van der Waals surface area contributed by atoms with Crippen molar-refractivity contribution in [2.75, 3.05) is 7.05 Å². The first-order valence-electron chi connectivity index (χ1n) is 1.95. The Morgan fingerprint density at radius 2 is 2.11 bits per heavy atom. The largest absolute Gasteiger partial charge is 0.367 e. The molecule has 0 aliphatic heterocycles. The van der Waals surface area contributed by atoms with Gasteiger partial charge in [-0.1, -0.05) is 5.10 Å². The zero-order valence-corrected chi connectivity index (χ0v) is 4.68. The maximum absolute atomic E-state index is 9.59. The Hall–Kier alpha value is -1.53. The van der Waals surface area contributed by atoms with Crippen LogP contribution in [0.15, 0.2) is 15.7 Å². The third-order valence-electron chi connectivity index (χ3n) is 0.597. The van der Waals surface area contributed by atoms with Crippen LogP contribution < -0.4 is 5.73 Å². The Labute approximate surface area is 50.4 Å². The molecule has 0 atom stereocenters. The van der Waals surface area contributed by atoms with Crippen molar-refractivity contribution in [3.63, 3.8) is 0 Å². The standard InChI is InChI=1S/C2H5N5O2/c1-7(6-9)2(3)4-5-8/h1H3,(H2,3,4,8). The summed E-state index contributed by atoms with van der Waals surface area (Å²) in [5.74, 6) is -0.333. The average Bonchev–Trinajstić information content (AvgIpc) is 1.87. The summed E-state index contributed by atoms with van der Waals surface area (Å²) in [7, 11) is 1.25. The zero-order chi connectivity index (χ0) is 7.28. The van der Waals surface area contributed by atoms with E-state index >= 15 is 0 Å². The Balaban J connectivity index is 3.99. The normalized spacial score (nSPS) is 10.6. The maximum Gasteiger partial charge on any atom is 0.242 e. The monoisotopic (exact) mass is 131 g/mol. The van der Waals surface area contributed by atoms with Crippen LogP contribution in [-0.2, 0) is 0 Å². The van der Waals surface area contributed by atoms with E-state index in [0.29, 0.717) is 5.01 Å². The molecule has 7 heteroatoms. The molecule has 0 saturated heterocycles. The van der Waals surface area contributed by atoms with Crippen LogP contribution in [-0.4, -0.2) is 18.0 Å². The second kappa shape index (κ2) is 3.47. The van der Waals surface area contributed by atoms with Crippen molar-refractivity contribution in [1.29, 1.82) is 0 Å². The van der Waals surface area contributed by atoms with Crippen molar-refractivity contribution >= 4 is 5.96 Å². The molecule has 0 aromatic carbocycles. The highest BCUT2D eigenvalue weighted by atomic mass is 16.3. The summed E-state index contributed by atoms with van der Waals surface area (Å²) in [4.78, 5) is 18.9. The van der Waals surface area contributed by atoms with E-state index in [1.54, 1.807) is 0 Å². The second-order valence-corrected chi connectivity index (χ2v) is 1.15. The smallest absolute Gasteiger partial charge is 0.242 e. The predicted octanol–water partition coefficient (Wildman–Crippen LogP) is -0.404. The van der Waals surface area contributed by atoms with E-state index < -0.39 is 0 Å². The van der Waals surface area contributed by atoms with E-state index in [9.17, 15) is 9.81 Å². The quantitative estimate of drug-likeness (QED) is 0.238. The van der Waals surface area contributed by atoms with E-state index in [1.807, 2.05) is 0 Å². The minimum atomic E-state index is -0.333. The maximum atomic E-state index is 9.59. The molecule has 0 saturated carbocycles. The van der Waals surface area contributed by atoms with E-state index in [1.165, 1.54) is 7.05 Å². The van der Waals surface area contributed by atoms with Gasteiger partial charge in [-0.15, -0.1) is 9.81 Å². The summed E-state index contributed by atoms with van der Waals surface area (Å²) >= 11 is 0. The molecule has 0 heterocycles. The average molecular weight is 131 g/mol. The number of nitrogens with two attached hydrogens (primary N) is 1. The summed E-state index contributed by atoms with van der Waals surface area (Å²) in [6.45, 7) is 0. The minimum Gasteiger partial charge on any atom is -0.367 e. The number of rotatable bonds is 2. The Bertz CT molecular complexity index is 142. The van der Waals surface area contributed by atoms with Crippen LogP contribution in [0, 0.1) is 9.81 Å². The van der Waals surface area contributed by atoms with Crippen LogP contribution >= 0.6 is 0 Å².